The van der Waals surface area contributed by atoms with E-state index in [1.807, 2.05) is 26.0 Å². The van der Waals surface area contributed by atoms with Gasteiger partial charge in [0, 0.05) is 25.3 Å². The molecule has 4 rings (SSSR count). The second-order valence-electron chi connectivity index (χ2n) is 6.98. The summed E-state index contributed by atoms with van der Waals surface area (Å²) in [5.74, 6) is 0.999. The van der Waals surface area contributed by atoms with Crippen LogP contribution in [0.1, 0.15) is 19.4 Å². The van der Waals surface area contributed by atoms with Gasteiger partial charge in [-0.25, -0.2) is 8.42 Å². The molecule has 2 heterocycles. The van der Waals surface area contributed by atoms with E-state index >= 15 is 0 Å². The number of para-hydroxylation sites is 2. The molecule has 1 atom stereocenters. The third kappa shape index (κ3) is 3.47. The molecule has 0 saturated heterocycles. The second-order valence-corrected chi connectivity index (χ2v) is 8.92. The maximum Gasteiger partial charge on any atom is 0.271 e. The van der Waals surface area contributed by atoms with E-state index in [9.17, 15) is 13.2 Å². The van der Waals surface area contributed by atoms with Gasteiger partial charge >= 0.3 is 0 Å². The third-order valence-electron chi connectivity index (χ3n) is 5.34. The monoisotopic (exact) mass is 416 g/mol. The van der Waals surface area contributed by atoms with Gasteiger partial charge in [-0.3, -0.25) is 4.79 Å². The molecule has 0 spiro atoms. The van der Waals surface area contributed by atoms with E-state index in [4.69, 9.17) is 9.47 Å². The number of ether oxygens (including phenoxy) is 2. The van der Waals surface area contributed by atoms with Crippen molar-refractivity contribution in [2.75, 3.05) is 31.1 Å². The highest BCUT2D eigenvalue weighted by atomic mass is 32.2. The number of sulfonamides is 1. The smallest absolute Gasteiger partial charge is 0.271 e. The minimum Gasteiger partial charge on any atom is -0.485 e. The van der Waals surface area contributed by atoms with E-state index in [2.05, 4.69) is 0 Å². The number of carbonyl (C=O) groups excluding carboxylic acids is 1. The Kier molecular flexibility index (Phi) is 5.23. The van der Waals surface area contributed by atoms with Crippen molar-refractivity contribution in [3.8, 4) is 11.5 Å². The molecule has 7 nitrogen and oxygen atoms in total. The molecule has 0 radical (unpaired) electrons. The Morgan fingerprint density at radius 3 is 2.59 bits per heavy atom. The predicted molar refractivity (Wildman–Crippen MR) is 109 cm³/mol. The van der Waals surface area contributed by atoms with Gasteiger partial charge in [-0.05, 0) is 42.3 Å². The van der Waals surface area contributed by atoms with Crippen molar-refractivity contribution < 1.29 is 22.7 Å². The molecular weight excluding hydrogens is 392 g/mol. The van der Waals surface area contributed by atoms with Gasteiger partial charge < -0.3 is 14.4 Å². The van der Waals surface area contributed by atoms with Gasteiger partial charge in [0.05, 0.1) is 4.90 Å². The number of hydrogen-bond donors (Lipinski definition) is 0. The third-order valence-corrected chi connectivity index (χ3v) is 7.39. The first kappa shape index (κ1) is 19.7. The SMILES string of the molecule is CCN(CC)S(=O)(=O)c1ccc2c(c1)CCN2C(=O)[C@H]1COc2ccccc2O1. The van der Waals surface area contributed by atoms with Crippen LogP contribution in [-0.4, -0.2) is 51.0 Å². The molecule has 2 aromatic rings. The number of benzene rings is 2. The van der Waals surface area contributed by atoms with Gasteiger partial charge in [-0.2, -0.15) is 4.31 Å². The summed E-state index contributed by atoms with van der Waals surface area (Å²) in [4.78, 5) is 15.0. The Morgan fingerprint density at radius 2 is 1.86 bits per heavy atom. The Labute approximate surface area is 170 Å². The Balaban J connectivity index is 1.56. The van der Waals surface area contributed by atoms with E-state index in [0.717, 1.165) is 11.3 Å². The number of anilines is 1. The molecule has 0 fully saturated rings. The normalized spacial score (nSPS) is 18.0. The highest BCUT2D eigenvalue weighted by molar-refractivity contribution is 7.89. The Morgan fingerprint density at radius 1 is 1.14 bits per heavy atom. The molecule has 0 unspecified atom stereocenters. The zero-order valence-corrected chi connectivity index (χ0v) is 17.3. The summed E-state index contributed by atoms with van der Waals surface area (Å²) >= 11 is 0. The summed E-state index contributed by atoms with van der Waals surface area (Å²) < 4.78 is 38.5. The van der Waals surface area contributed by atoms with Crippen molar-refractivity contribution in [2.24, 2.45) is 0 Å². The lowest BCUT2D eigenvalue weighted by Gasteiger charge is -2.29. The van der Waals surface area contributed by atoms with Gasteiger partial charge in [0.25, 0.3) is 5.91 Å². The van der Waals surface area contributed by atoms with Gasteiger partial charge in [0.2, 0.25) is 16.1 Å². The molecule has 2 aliphatic rings. The molecule has 0 bridgehead atoms. The molecule has 1 amide bonds. The zero-order chi connectivity index (χ0) is 20.6. The number of hydrogen-bond acceptors (Lipinski definition) is 5. The van der Waals surface area contributed by atoms with Crippen LogP contribution in [-0.2, 0) is 21.2 Å². The zero-order valence-electron chi connectivity index (χ0n) is 16.5. The Hall–Kier alpha value is -2.58. The van der Waals surface area contributed by atoms with Crippen LogP contribution in [0.2, 0.25) is 0 Å². The molecule has 0 aliphatic carbocycles. The predicted octanol–water partition coefficient (Wildman–Crippen LogP) is 2.45. The molecule has 0 saturated carbocycles. The fourth-order valence-corrected chi connectivity index (χ4v) is 5.30. The quantitative estimate of drug-likeness (QED) is 0.748. The molecule has 8 heteroatoms. The lowest BCUT2D eigenvalue weighted by molar-refractivity contribution is -0.127. The van der Waals surface area contributed by atoms with E-state index in [1.54, 1.807) is 35.2 Å². The standard InChI is InChI=1S/C21H24N2O5S/c1-3-22(4-2)29(25,26)16-9-10-17-15(13-16)11-12-23(17)21(24)20-14-27-18-7-5-6-8-19(18)28-20/h5-10,13,20H,3-4,11-12,14H2,1-2H3/t20-/m1/s1. The van der Waals surface area contributed by atoms with Crippen LogP contribution in [0.25, 0.3) is 0 Å². The molecule has 154 valence electrons. The van der Waals surface area contributed by atoms with Crippen LogP contribution >= 0.6 is 0 Å². The molecular formula is C21H24N2O5S. The first-order valence-corrected chi connectivity index (χ1v) is 11.2. The van der Waals surface area contributed by atoms with Gasteiger partial charge in [0.15, 0.2) is 11.5 Å². The fraction of sp³-hybridized carbons (Fsp3) is 0.381. The van der Waals surface area contributed by atoms with Gasteiger partial charge in [-0.15, -0.1) is 0 Å². The van der Waals surface area contributed by atoms with E-state index in [-0.39, 0.29) is 17.4 Å². The molecule has 29 heavy (non-hydrogen) atoms. The largest absolute Gasteiger partial charge is 0.485 e. The van der Waals surface area contributed by atoms with E-state index in [1.165, 1.54) is 4.31 Å². The highest BCUT2D eigenvalue weighted by Gasteiger charge is 2.35. The van der Waals surface area contributed by atoms with Crippen LogP contribution in [0.3, 0.4) is 0 Å². The molecule has 2 aliphatic heterocycles. The summed E-state index contributed by atoms with van der Waals surface area (Å²) in [5, 5.41) is 0. The molecule has 0 N–H and O–H groups in total. The molecule has 0 aromatic heterocycles. The number of nitrogens with zero attached hydrogens (tertiary/aromatic N) is 2. The number of rotatable bonds is 5. The van der Waals surface area contributed by atoms with E-state index < -0.39 is 16.1 Å². The lowest BCUT2D eigenvalue weighted by Crippen LogP contribution is -2.46. The number of amides is 1. The minimum absolute atomic E-state index is 0.149. The number of carbonyl (C=O) groups is 1. The summed E-state index contributed by atoms with van der Waals surface area (Å²) in [6.45, 7) is 5.11. The van der Waals surface area contributed by atoms with Crippen molar-refractivity contribution in [2.45, 2.75) is 31.3 Å². The summed E-state index contributed by atoms with van der Waals surface area (Å²) in [7, 11) is -3.53. The second kappa shape index (κ2) is 7.68. The minimum atomic E-state index is -3.53. The van der Waals surface area contributed by atoms with Gasteiger partial charge in [0.1, 0.15) is 6.61 Å². The van der Waals surface area contributed by atoms with E-state index in [0.29, 0.717) is 37.6 Å². The summed E-state index contributed by atoms with van der Waals surface area (Å²) in [5.41, 5.74) is 1.58. The van der Waals surface area contributed by atoms with Crippen molar-refractivity contribution in [3.05, 3.63) is 48.0 Å². The summed E-state index contributed by atoms with van der Waals surface area (Å²) in [6.07, 6.45) is -0.123. The maximum atomic E-state index is 13.1. The van der Waals surface area contributed by atoms with Crippen LogP contribution < -0.4 is 14.4 Å². The van der Waals surface area contributed by atoms with Crippen molar-refractivity contribution in [1.82, 2.24) is 4.31 Å². The van der Waals surface area contributed by atoms with Crippen LogP contribution in [0, 0.1) is 0 Å². The summed E-state index contributed by atoms with van der Waals surface area (Å²) in [6, 6.07) is 12.2. The average molecular weight is 416 g/mol. The van der Waals surface area contributed by atoms with Crippen molar-refractivity contribution in [3.63, 3.8) is 0 Å². The average Bonchev–Trinajstić information content (AvgIpc) is 3.17. The Bertz CT molecular complexity index is 1030. The lowest BCUT2D eigenvalue weighted by atomic mass is 10.2. The van der Waals surface area contributed by atoms with Crippen LogP contribution in [0.5, 0.6) is 11.5 Å². The van der Waals surface area contributed by atoms with Crippen LogP contribution in [0.15, 0.2) is 47.4 Å². The van der Waals surface area contributed by atoms with Gasteiger partial charge in [-0.1, -0.05) is 26.0 Å². The molecule has 2 aromatic carbocycles. The first-order chi connectivity index (χ1) is 14.0. The van der Waals surface area contributed by atoms with Crippen molar-refractivity contribution >= 4 is 21.6 Å². The fourth-order valence-electron chi connectivity index (χ4n) is 3.80. The first-order valence-electron chi connectivity index (χ1n) is 9.78. The topological polar surface area (TPSA) is 76.2 Å². The maximum absolute atomic E-state index is 13.1. The van der Waals surface area contributed by atoms with Crippen LogP contribution in [0.4, 0.5) is 5.69 Å². The number of fused-ring (bicyclic) bond motifs is 2. The highest BCUT2D eigenvalue weighted by Crippen LogP contribution is 2.34. The van der Waals surface area contributed by atoms with Crippen molar-refractivity contribution in [1.29, 1.82) is 0 Å².